The average molecular weight is 233 g/mol. The van der Waals surface area contributed by atoms with Crippen LogP contribution in [0.2, 0.25) is 0 Å². The summed E-state index contributed by atoms with van der Waals surface area (Å²) < 4.78 is 28.2. The third kappa shape index (κ3) is 2.28. The molecule has 2 aromatic carbocycles. The fraction of sp³-hybridized carbons (Fsp3) is 0.143. The van der Waals surface area contributed by atoms with Crippen LogP contribution >= 0.6 is 0 Å². The van der Waals surface area contributed by atoms with Crippen molar-refractivity contribution in [2.75, 3.05) is 5.73 Å². The highest BCUT2D eigenvalue weighted by Crippen LogP contribution is 2.35. The molecule has 0 unspecified atom stereocenters. The number of nitrogen functional groups attached to an aromatic ring is 1. The Morgan fingerprint density at radius 3 is 1.71 bits per heavy atom. The molecule has 2 aromatic rings. The van der Waals surface area contributed by atoms with Crippen molar-refractivity contribution in [3.63, 3.8) is 0 Å². The molecule has 0 aromatic heterocycles. The lowest BCUT2D eigenvalue weighted by molar-refractivity contribution is 0.0428. The number of rotatable bonds is 2. The second-order valence-corrected chi connectivity index (χ2v) is 4.06. The monoisotopic (exact) mass is 233 g/mol. The smallest absolute Gasteiger partial charge is 0.298 e. The summed E-state index contributed by atoms with van der Waals surface area (Å²) in [7, 11) is 0. The van der Waals surface area contributed by atoms with Gasteiger partial charge >= 0.3 is 0 Å². The highest BCUT2D eigenvalue weighted by atomic mass is 19.3. The molecule has 0 atom stereocenters. The summed E-state index contributed by atoms with van der Waals surface area (Å²) in [4.78, 5) is 0. The topological polar surface area (TPSA) is 26.0 Å². The Morgan fingerprint density at radius 1 is 0.824 bits per heavy atom. The normalized spacial score (nSPS) is 11.5. The summed E-state index contributed by atoms with van der Waals surface area (Å²) in [5.74, 6) is -2.98. The average Bonchev–Trinajstić information content (AvgIpc) is 2.30. The summed E-state index contributed by atoms with van der Waals surface area (Å²) in [5, 5.41) is 0. The lowest BCUT2D eigenvalue weighted by Crippen LogP contribution is -2.15. The van der Waals surface area contributed by atoms with Crippen LogP contribution in [-0.2, 0) is 5.92 Å². The standard InChI is InChI=1S/C14H13F2N/c1-10-2-4-11(5-3-10)14(15,16)12-6-8-13(17)9-7-12/h2-9H,17H2,1H3. The van der Waals surface area contributed by atoms with Gasteiger partial charge in [0.1, 0.15) is 0 Å². The van der Waals surface area contributed by atoms with Gasteiger partial charge in [0.15, 0.2) is 0 Å². The summed E-state index contributed by atoms with van der Waals surface area (Å²) in [5.41, 5.74) is 6.87. The van der Waals surface area contributed by atoms with Gasteiger partial charge in [0.05, 0.1) is 0 Å². The Balaban J connectivity index is 2.41. The van der Waals surface area contributed by atoms with Gasteiger partial charge in [-0.15, -0.1) is 0 Å². The quantitative estimate of drug-likeness (QED) is 0.786. The van der Waals surface area contributed by atoms with Crippen molar-refractivity contribution in [3.05, 3.63) is 65.2 Å². The van der Waals surface area contributed by atoms with E-state index in [0.29, 0.717) is 5.69 Å². The van der Waals surface area contributed by atoms with Gasteiger partial charge in [-0.25, -0.2) is 0 Å². The zero-order valence-corrected chi connectivity index (χ0v) is 9.45. The molecular weight excluding hydrogens is 220 g/mol. The molecule has 0 saturated heterocycles. The maximum absolute atomic E-state index is 14.1. The van der Waals surface area contributed by atoms with Crippen LogP contribution in [0.15, 0.2) is 48.5 Å². The third-order valence-electron chi connectivity index (χ3n) is 2.69. The van der Waals surface area contributed by atoms with Gasteiger partial charge in [-0.2, -0.15) is 8.78 Å². The SMILES string of the molecule is Cc1ccc(C(F)(F)c2ccc(N)cc2)cc1. The Kier molecular flexibility index (Phi) is 2.84. The van der Waals surface area contributed by atoms with E-state index in [4.69, 9.17) is 5.73 Å². The first kappa shape index (κ1) is 11.6. The van der Waals surface area contributed by atoms with Gasteiger partial charge in [-0.3, -0.25) is 0 Å². The van der Waals surface area contributed by atoms with Crippen LogP contribution in [0.5, 0.6) is 0 Å². The molecule has 0 saturated carbocycles. The number of hydrogen-bond donors (Lipinski definition) is 1. The highest BCUT2D eigenvalue weighted by Gasteiger charge is 2.33. The zero-order chi connectivity index (χ0) is 12.5. The van der Waals surface area contributed by atoms with E-state index in [0.717, 1.165) is 5.56 Å². The van der Waals surface area contributed by atoms with Crippen molar-refractivity contribution in [2.24, 2.45) is 0 Å². The van der Waals surface area contributed by atoms with Crippen LogP contribution in [0.3, 0.4) is 0 Å². The summed E-state index contributed by atoms with van der Waals surface area (Å²) in [6.45, 7) is 1.87. The van der Waals surface area contributed by atoms with Crippen LogP contribution < -0.4 is 5.73 Å². The number of nitrogens with two attached hydrogens (primary N) is 1. The third-order valence-corrected chi connectivity index (χ3v) is 2.69. The van der Waals surface area contributed by atoms with Gasteiger partial charge in [-0.1, -0.05) is 42.0 Å². The predicted octanol–water partition coefficient (Wildman–Crippen LogP) is 3.72. The van der Waals surface area contributed by atoms with Crippen molar-refractivity contribution in [2.45, 2.75) is 12.8 Å². The second kappa shape index (κ2) is 4.17. The molecule has 0 spiro atoms. The largest absolute Gasteiger partial charge is 0.399 e. The Bertz CT molecular complexity index is 453. The fourth-order valence-electron chi connectivity index (χ4n) is 1.62. The molecule has 3 heteroatoms. The van der Waals surface area contributed by atoms with E-state index in [2.05, 4.69) is 0 Å². The Morgan fingerprint density at radius 2 is 1.24 bits per heavy atom. The first-order valence-corrected chi connectivity index (χ1v) is 5.31. The molecule has 0 bridgehead atoms. The van der Waals surface area contributed by atoms with E-state index in [-0.39, 0.29) is 11.1 Å². The van der Waals surface area contributed by atoms with Crippen LogP contribution in [-0.4, -0.2) is 0 Å². The number of aryl methyl sites for hydroxylation is 1. The van der Waals surface area contributed by atoms with Crippen molar-refractivity contribution in [1.29, 1.82) is 0 Å². The van der Waals surface area contributed by atoms with E-state index < -0.39 is 5.92 Å². The molecule has 17 heavy (non-hydrogen) atoms. The molecule has 2 N–H and O–H groups in total. The van der Waals surface area contributed by atoms with Crippen LogP contribution in [0.1, 0.15) is 16.7 Å². The minimum absolute atomic E-state index is 0.00660. The van der Waals surface area contributed by atoms with E-state index in [1.54, 1.807) is 12.1 Å². The first-order chi connectivity index (χ1) is 8.00. The number of alkyl halides is 2. The van der Waals surface area contributed by atoms with Crippen LogP contribution in [0, 0.1) is 6.92 Å². The van der Waals surface area contributed by atoms with Gasteiger partial charge < -0.3 is 5.73 Å². The first-order valence-electron chi connectivity index (χ1n) is 5.31. The molecule has 2 rings (SSSR count). The number of halogens is 2. The van der Waals surface area contributed by atoms with E-state index >= 15 is 0 Å². The predicted molar refractivity (Wildman–Crippen MR) is 65.0 cm³/mol. The van der Waals surface area contributed by atoms with Gasteiger partial charge in [0.25, 0.3) is 5.92 Å². The number of benzene rings is 2. The van der Waals surface area contributed by atoms with E-state index in [1.807, 2.05) is 6.92 Å². The lowest BCUT2D eigenvalue weighted by atomic mass is 9.99. The Hall–Kier alpha value is -1.90. The van der Waals surface area contributed by atoms with Crippen LogP contribution in [0.4, 0.5) is 14.5 Å². The summed E-state index contributed by atoms with van der Waals surface area (Å²) in [6.07, 6.45) is 0. The fourth-order valence-corrected chi connectivity index (χ4v) is 1.62. The van der Waals surface area contributed by atoms with Crippen molar-refractivity contribution in [3.8, 4) is 0 Å². The van der Waals surface area contributed by atoms with Gasteiger partial charge in [-0.05, 0) is 19.1 Å². The number of anilines is 1. The molecule has 88 valence electrons. The zero-order valence-electron chi connectivity index (χ0n) is 9.45. The second-order valence-electron chi connectivity index (χ2n) is 4.06. The molecule has 0 radical (unpaired) electrons. The molecule has 0 aliphatic rings. The van der Waals surface area contributed by atoms with E-state index in [1.165, 1.54) is 36.4 Å². The lowest BCUT2D eigenvalue weighted by Gasteiger charge is -2.17. The summed E-state index contributed by atoms with van der Waals surface area (Å²) >= 11 is 0. The maximum atomic E-state index is 14.1. The maximum Gasteiger partial charge on any atom is 0.298 e. The Labute approximate surface area is 98.9 Å². The van der Waals surface area contributed by atoms with Crippen LogP contribution in [0.25, 0.3) is 0 Å². The van der Waals surface area contributed by atoms with Gasteiger partial charge in [0, 0.05) is 16.8 Å². The van der Waals surface area contributed by atoms with Crippen molar-refractivity contribution >= 4 is 5.69 Å². The van der Waals surface area contributed by atoms with Crippen molar-refractivity contribution in [1.82, 2.24) is 0 Å². The molecule has 0 amide bonds. The van der Waals surface area contributed by atoms with E-state index in [9.17, 15) is 8.78 Å². The molecule has 1 nitrogen and oxygen atoms in total. The molecule has 0 fully saturated rings. The van der Waals surface area contributed by atoms with Crippen molar-refractivity contribution < 1.29 is 8.78 Å². The highest BCUT2D eigenvalue weighted by molar-refractivity contribution is 5.43. The molecule has 0 aliphatic heterocycles. The molecule has 0 heterocycles. The van der Waals surface area contributed by atoms with Gasteiger partial charge in [0.2, 0.25) is 0 Å². The summed E-state index contributed by atoms with van der Waals surface area (Å²) in [6, 6.07) is 11.9. The molecular formula is C14H13F2N. The molecule has 0 aliphatic carbocycles. The minimum atomic E-state index is -2.98. The minimum Gasteiger partial charge on any atom is -0.399 e. The number of hydrogen-bond acceptors (Lipinski definition) is 1.